The number of hydrazine groups is 1. The van der Waals surface area contributed by atoms with Gasteiger partial charge in [0, 0.05) is 43.2 Å². The number of hydrogen-bond donors (Lipinski definition) is 2. The van der Waals surface area contributed by atoms with Gasteiger partial charge in [-0.3, -0.25) is 15.4 Å². The predicted octanol–water partition coefficient (Wildman–Crippen LogP) is 9.94. The third-order valence-corrected chi connectivity index (χ3v) is 11.9. The Morgan fingerprint density at radius 1 is 1.08 bits per heavy atom. The Bertz CT molecular complexity index is 2190. The van der Waals surface area contributed by atoms with E-state index in [-0.39, 0.29) is 42.8 Å². The first kappa shape index (κ1) is 43.5. The van der Waals surface area contributed by atoms with Crippen LogP contribution in [-0.2, 0) is 16.8 Å². The number of nitriles is 1. The van der Waals surface area contributed by atoms with Gasteiger partial charge in [-0.25, -0.2) is 14.4 Å². The first-order valence-corrected chi connectivity index (χ1v) is 20.7. The number of hydrogen-bond acceptors (Lipinski definition) is 11. The Morgan fingerprint density at radius 2 is 1.81 bits per heavy atom. The number of anilines is 2. The fourth-order valence-electron chi connectivity index (χ4n) is 7.46. The van der Waals surface area contributed by atoms with Gasteiger partial charge < -0.3 is 19.1 Å². The zero-order valence-corrected chi connectivity index (χ0v) is 35.5. The highest BCUT2D eigenvalue weighted by molar-refractivity contribution is 6.32. The molecule has 2 fully saturated rings. The Labute approximate surface area is 351 Å². The number of rotatable bonds is 17. The number of carbonyl (C=O) groups excluding carboxylic acids is 1. The number of Topliss-reactive ketones (excluding diaryl/α,β-unsaturated/α-hetero) is 1. The van der Waals surface area contributed by atoms with Gasteiger partial charge in [0.2, 0.25) is 5.95 Å². The molecule has 1 atom stereocenters. The van der Waals surface area contributed by atoms with E-state index in [4.69, 9.17) is 25.8 Å². The first-order valence-electron chi connectivity index (χ1n) is 20.3. The predicted molar refractivity (Wildman–Crippen MR) is 228 cm³/mol. The number of benzene rings is 3. The van der Waals surface area contributed by atoms with Crippen LogP contribution in [0, 0.1) is 23.1 Å². The van der Waals surface area contributed by atoms with Gasteiger partial charge in [-0.15, -0.1) is 5.17 Å². The molecule has 4 aromatic rings. The number of aromatic nitrogens is 2. The minimum absolute atomic E-state index is 0.00293. The maximum atomic E-state index is 15.7. The van der Waals surface area contributed by atoms with Crippen LogP contribution in [0.1, 0.15) is 111 Å². The van der Waals surface area contributed by atoms with E-state index in [1.54, 1.807) is 12.3 Å². The maximum Gasteiger partial charge on any atom is 0.239 e. The highest BCUT2D eigenvalue weighted by Crippen LogP contribution is 2.40. The molecule has 0 spiro atoms. The molecule has 1 aromatic heterocycles. The number of nitrogens with zero attached hydrogens (tertiary/aromatic N) is 5. The molecule has 2 heterocycles. The SMILES string of the molecule is CCC(C)C(=O)c1cc(F)c(N2CCC(OCCOc3c(Cl)cc(C(C)(C)c4ccc(OCc5ccnc(NN(C)O)n5)cc4)cc3C#N)CC2)cc1C(C)=C1CCC1. The largest absolute Gasteiger partial charge is 0.488 e. The second-order valence-electron chi connectivity index (χ2n) is 15.9. The van der Waals surface area contributed by atoms with Gasteiger partial charge in [0.25, 0.3) is 0 Å². The Kier molecular flexibility index (Phi) is 14.3. The molecular weight excluding hydrogens is 771 g/mol. The van der Waals surface area contributed by atoms with Crippen molar-refractivity contribution in [3.05, 3.63) is 111 Å². The Hall–Kier alpha value is -5.06. The molecule has 2 aliphatic rings. The van der Waals surface area contributed by atoms with Crippen LogP contribution < -0.4 is 19.8 Å². The minimum Gasteiger partial charge on any atom is -0.488 e. The molecule has 6 rings (SSSR count). The summed E-state index contributed by atoms with van der Waals surface area (Å²) < 4.78 is 33.9. The molecule has 0 radical (unpaired) electrons. The Morgan fingerprint density at radius 3 is 2.46 bits per heavy atom. The molecular formula is C46H54ClFN6O5. The lowest BCUT2D eigenvalue weighted by atomic mass is 9.77. The number of halogens is 2. The van der Waals surface area contributed by atoms with Crippen LogP contribution in [0.25, 0.3) is 5.57 Å². The molecule has 1 unspecified atom stereocenters. The van der Waals surface area contributed by atoms with Gasteiger partial charge in [0.1, 0.15) is 30.8 Å². The summed E-state index contributed by atoms with van der Waals surface area (Å²) in [5.74, 6) is 0.686. The van der Waals surface area contributed by atoms with E-state index in [9.17, 15) is 15.3 Å². The molecule has 11 nitrogen and oxygen atoms in total. The van der Waals surface area contributed by atoms with Crippen LogP contribution >= 0.6 is 11.6 Å². The molecule has 312 valence electrons. The van der Waals surface area contributed by atoms with Crippen LogP contribution in [0.4, 0.5) is 16.0 Å². The van der Waals surface area contributed by atoms with Gasteiger partial charge in [0.05, 0.1) is 34.7 Å². The molecule has 0 bridgehead atoms. The number of hydroxylamine groups is 1. The van der Waals surface area contributed by atoms with Crippen LogP contribution in [0.2, 0.25) is 5.02 Å². The molecule has 3 aromatic carbocycles. The van der Waals surface area contributed by atoms with Crippen molar-refractivity contribution < 1.29 is 28.6 Å². The summed E-state index contributed by atoms with van der Waals surface area (Å²) in [6.07, 6.45) is 6.91. The van der Waals surface area contributed by atoms with E-state index in [1.807, 2.05) is 56.3 Å². The van der Waals surface area contributed by atoms with Gasteiger partial charge >= 0.3 is 0 Å². The summed E-state index contributed by atoms with van der Waals surface area (Å²) >= 11 is 6.77. The number of carbonyl (C=O) groups is 1. The highest BCUT2D eigenvalue weighted by atomic mass is 35.5. The summed E-state index contributed by atoms with van der Waals surface area (Å²) in [4.78, 5) is 23.7. The fourth-order valence-corrected chi connectivity index (χ4v) is 7.73. The minimum atomic E-state index is -0.502. The topological polar surface area (TPSA) is 133 Å². The van der Waals surface area contributed by atoms with Crippen LogP contribution in [-0.4, -0.2) is 65.6 Å². The Balaban J connectivity index is 1.02. The van der Waals surface area contributed by atoms with Crippen molar-refractivity contribution in [3.63, 3.8) is 0 Å². The van der Waals surface area contributed by atoms with E-state index in [2.05, 4.69) is 47.1 Å². The third kappa shape index (κ3) is 10.4. The summed E-state index contributed by atoms with van der Waals surface area (Å²) in [6, 6.07) is 18.7. The average molecular weight is 825 g/mol. The fraction of sp³-hybridized carbons (Fsp3) is 0.435. The maximum absolute atomic E-state index is 15.7. The number of ether oxygens (including phenoxy) is 3. The number of nitrogens with one attached hydrogen (secondary N) is 1. The lowest BCUT2D eigenvalue weighted by molar-refractivity contribution is -0.0394. The molecule has 1 aliphatic heterocycles. The van der Waals surface area contributed by atoms with E-state index < -0.39 is 5.41 Å². The van der Waals surface area contributed by atoms with Crippen molar-refractivity contribution in [3.8, 4) is 17.6 Å². The smallest absolute Gasteiger partial charge is 0.239 e. The van der Waals surface area contributed by atoms with Crippen molar-refractivity contribution in [2.45, 2.75) is 91.3 Å². The molecule has 2 N–H and O–H groups in total. The van der Waals surface area contributed by atoms with Crippen molar-refractivity contribution in [1.82, 2.24) is 15.1 Å². The number of piperidine rings is 1. The van der Waals surface area contributed by atoms with Crippen LogP contribution in [0.3, 0.4) is 0 Å². The van der Waals surface area contributed by atoms with Crippen molar-refractivity contribution in [2.75, 3.05) is 43.7 Å². The number of ketones is 1. The van der Waals surface area contributed by atoms with E-state index in [0.717, 1.165) is 46.7 Å². The van der Waals surface area contributed by atoms with Crippen molar-refractivity contribution in [1.29, 1.82) is 5.26 Å². The standard InChI is InChI=1S/C46H54ClFN6O5/c1-7-29(2)43(55)39-25-41(48)42(26-38(39)30(3)31-9-8-10-31)54-19-16-37(17-20-54)57-21-22-58-44-32(27-49)23-34(24-40(44)47)46(4,5)33-11-13-36(14-12-33)59-28-35-15-18-50-45(51-35)52-53(6)56/h11-15,18,23-26,29,37,56H,7-10,16-17,19-22,28H2,1-6H3,(H,50,51,52). The van der Waals surface area contributed by atoms with Gasteiger partial charge in [-0.2, -0.15) is 5.26 Å². The number of allylic oxidation sites excluding steroid dienone is 2. The highest BCUT2D eigenvalue weighted by Gasteiger charge is 2.29. The third-order valence-electron chi connectivity index (χ3n) is 11.6. The summed E-state index contributed by atoms with van der Waals surface area (Å²) in [5, 5.41) is 20.6. The summed E-state index contributed by atoms with van der Waals surface area (Å²) in [6.45, 7) is 12.1. The van der Waals surface area contributed by atoms with Gasteiger partial charge in [-0.1, -0.05) is 57.0 Å². The van der Waals surface area contributed by atoms with E-state index >= 15 is 4.39 Å². The summed E-state index contributed by atoms with van der Waals surface area (Å²) in [7, 11) is 1.42. The van der Waals surface area contributed by atoms with Crippen LogP contribution in [0.15, 0.2) is 66.4 Å². The normalized spacial score (nSPS) is 15.1. The molecule has 13 heteroatoms. The molecule has 0 amide bonds. The molecule has 1 saturated heterocycles. The second kappa shape index (κ2) is 19.3. The van der Waals surface area contributed by atoms with Gasteiger partial charge in [-0.05, 0) is 110 Å². The second-order valence-corrected chi connectivity index (χ2v) is 16.3. The lowest BCUT2D eigenvalue weighted by Crippen LogP contribution is -2.38. The van der Waals surface area contributed by atoms with Crippen molar-refractivity contribution in [2.24, 2.45) is 5.92 Å². The zero-order chi connectivity index (χ0) is 42.3. The molecule has 59 heavy (non-hydrogen) atoms. The zero-order valence-electron chi connectivity index (χ0n) is 34.8. The van der Waals surface area contributed by atoms with E-state index in [0.29, 0.717) is 78.0 Å². The average Bonchev–Trinajstić information content (AvgIpc) is 3.20. The quantitative estimate of drug-likeness (QED) is 0.0599. The van der Waals surface area contributed by atoms with E-state index in [1.165, 1.54) is 18.7 Å². The summed E-state index contributed by atoms with van der Waals surface area (Å²) in [5.41, 5.74) is 9.26. The first-order chi connectivity index (χ1) is 28.3. The lowest BCUT2D eigenvalue weighted by Gasteiger charge is -2.34. The van der Waals surface area contributed by atoms with Crippen molar-refractivity contribution >= 4 is 34.6 Å². The monoisotopic (exact) mass is 824 g/mol. The van der Waals surface area contributed by atoms with Gasteiger partial charge in [0.15, 0.2) is 11.5 Å². The molecule has 1 saturated carbocycles. The molecule has 1 aliphatic carbocycles. The van der Waals surface area contributed by atoms with Crippen LogP contribution in [0.5, 0.6) is 11.5 Å².